The number of nitrogens with zero attached hydrogens (tertiary/aromatic N) is 3. The van der Waals surface area contributed by atoms with Crippen LogP contribution >= 0.6 is 23.2 Å². The smallest absolute Gasteiger partial charge is 0.303 e. The monoisotopic (exact) mass is 509 g/mol. The van der Waals surface area contributed by atoms with Crippen LogP contribution in [0.1, 0.15) is 47.0 Å². The summed E-state index contributed by atoms with van der Waals surface area (Å²) in [5.74, 6) is 0.826. The minimum atomic E-state index is -0.829. The second-order valence-corrected chi connectivity index (χ2v) is 11.4. The number of rotatable bonds is 5. The van der Waals surface area contributed by atoms with Gasteiger partial charge in [0.05, 0.1) is 21.3 Å². The van der Waals surface area contributed by atoms with Gasteiger partial charge in [0.25, 0.3) is 0 Å². The summed E-state index contributed by atoms with van der Waals surface area (Å²) in [4.78, 5) is 20.4. The molecule has 1 aromatic rings. The molecule has 0 radical (unpaired) electrons. The van der Waals surface area contributed by atoms with Crippen LogP contribution < -0.4 is 4.90 Å². The topological polar surface area (TPSA) is 65.9 Å². The van der Waals surface area contributed by atoms with Crippen LogP contribution in [0.25, 0.3) is 0 Å². The van der Waals surface area contributed by atoms with Gasteiger partial charge in [0.2, 0.25) is 0 Å². The van der Waals surface area contributed by atoms with E-state index in [0.29, 0.717) is 28.3 Å². The van der Waals surface area contributed by atoms with Crippen molar-refractivity contribution in [1.29, 1.82) is 0 Å². The number of hydrogen-bond donors (Lipinski definition) is 1. The fraction of sp³-hybridized carbons (Fsp3) is 0.692. The second kappa shape index (κ2) is 10.3. The highest BCUT2D eigenvalue weighted by molar-refractivity contribution is 6.38. The van der Waals surface area contributed by atoms with Crippen LogP contribution in [0.4, 0.5) is 5.69 Å². The maximum absolute atomic E-state index is 11.8. The van der Waals surface area contributed by atoms with Crippen molar-refractivity contribution in [1.82, 2.24) is 9.88 Å². The average Bonchev–Trinajstić information content (AvgIpc) is 2.77. The van der Waals surface area contributed by atoms with Gasteiger partial charge in [-0.05, 0) is 43.1 Å². The van der Waals surface area contributed by atoms with Crippen molar-refractivity contribution in [2.24, 2.45) is 23.7 Å². The fourth-order valence-corrected chi connectivity index (χ4v) is 7.01. The lowest BCUT2D eigenvalue weighted by Gasteiger charge is -2.53. The van der Waals surface area contributed by atoms with Gasteiger partial charge < -0.3 is 14.7 Å². The molecule has 4 rings (SSSR count). The van der Waals surface area contributed by atoms with Gasteiger partial charge in [0.1, 0.15) is 6.10 Å². The van der Waals surface area contributed by atoms with E-state index >= 15 is 0 Å². The number of aliphatic hydroxyl groups is 1. The number of piperazine rings is 1. The molecule has 1 aromatic heterocycles. The van der Waals surface area contributed by atoms with Gasteiger partial charge in [-0.25, -0.2) is 0 Å². The van der Waals surface area contributed by atoms with Crippen LogP contribution in [-0.2, 0) is 9.53 Å². The zero-order valence-electron chi connectivity index (χ0n) is 20.6. The van der Waals surface area contributed by atoms with Gasteiger partial charge in [0.15, 0.2) is 0 Å². The van der Waals surface area contributed by atoms with Crippen LogP contribution in [0.15, 0.2) is 24.0 Å². The summed E-state index contributed by atoms with van der Waals surface area (Å²) in [6, 6.07) is 0. The van der Waals surface area contributed by atoms with Crippen molar-refractivity contribution >= 4 is 34.9 Å². The third-order valence-corrected chi connectivity index (χ3v) is 8.94. The van der Waals surface area contributed by atoms with E-state index < -0.39 is 5.60 Å². The number of pyridine rings is 1. The van der Waals surface area contributed by atoms with Gasteiger partial charge in [-0.1, -0.05) is 43.1 Å². The molecule has 0 aromatic carbocycles. The Kier molecular flexibility index (Phi) is 7.83. The molecule has 188 valence electrons. The Morgan fingerprint density at radius 1 is 1.24 bits per heavy atom. The molecule has 0 bridgehead atoms. The highest BCUT2D eigenvalue weighted by Gasteiger charge is 2.52. The third kappa shape index (κ3) is 5.11. The normalized spacial score (nSPS) is 33.1. The van der Waals surface area contributed by atoms with Gasteiger partial charge >= 0.3 is 5.97 Å². The Morgan fingerprint density at radius 3 is 2.50 bits per heavy atom. The largest absolute Gasteiger partial charge is 0.458 e. The number of esters is 1. The van der Waals surface area contributed by atoms with E-state index in [1.807, 2.05) is 6.92 Å². The van der Waals surface area contributed by atoms with Crippen molar-refractivity contribution < 1.29 is 14.6 Å². The molecule has 0 amide bonds. The summed E-state index contributed by atoms with van der Waals surface area (Å²) in [5.41, 5.74) is 1.11. The number of ether oxygens (including phenoxy) is 1. The van der Waals surface area contributed by atoms with Crippen LogP contribution in [0.5, 0.6) is 0 Å². The molecule has 3 aliphatic rings. The SMILES string of the molecule is CC(=O)O[C@@H]1C[C@@]2(O)[C@H](C)CC[C@@H](C(C)CN3CCN(c4c(Cl)cncc4Cl)CC3)[C@H]2C=C1C. The Hall–Kier alpha value is -1.34. The molecule has 0 spiro atoms. The van der Waals surface area contributed by atoms with E-state index in [4.69, 9.17) is 27.9 Å². The zero-order chi connectivity index (χ0) is 24.6. The number of fused-ring (bicyclic) bond motifs is 1. The van der Waals surface area contributed by atoms with E-state index in [0.717, 1.165) is 56.8 Å². The Balaban J connectivity index is 1.42. The maximum Gasteiger partial charge on any atom is 0.303 e. The van der Waals surface area contributed by atoms with E-state index in [9.17, 15) is 9.90 Å². The molecule has 34 heavy (non-hydrogen) atoms. The Labute approximate surface area is 213 Å². The molecule has 2 aliphatic carbocycles. The molecule has 1 aliphatic heterocycles. The van der Waals surface area contributed by atoms with E-state index in [1.165, 1.54) is 6.92 Å². The van der Waals surface area contributed by atoms with Gasteiger partial charge in [0, 0.05) is 64.4 Å². The van der Waals surface area contributed by atoms with Gasteiger partial charge in [-0.2, -0.15) is 0 Å². The zero-order valence-corrected chi connectivity index (χ0v) is 22.1. The van der Waals surface area contributed by atoms with Gasteiger partial charge in [-0.3, -0.25) is 14.7 Å². The predicted molar refractivity (Wildman–Crippen MR) is 136 cm³/mol. The first-order chi connectivity index (χ1) is 16.1. The molecule has 2 heterocycles. The molecule has 1 saturated heterocycles. The fourth-order valence-electron chi connectivity index (χ4n) is 6.40. The number of carbonyl (C=O) groups excluding carboxylic acids is 1. The van der Waals surface area contributed by atoms with Crippen molar-refractivity contribution in [3.8, 4) is 0 Å². The lowest BCUT2D eigenvalue weighted by molar-refractivity contribution is -0.159. The summed E-state index contributed by atoms with van der Waals surface area (Å²) in [6.45, 7) is 12.6. The average molecular weight is 511 g/mol. The molecule has 1 saturated carbocycles. The molecule has 8 heteroatoms. The molecular formula is C26H37Cl2N3O3. The summed E-state index contributed by atoms with van der Waals surface area (Å²) in [6.07, 6.45) is 7.78. The number of hydrogen-bond acceptors (Lipinski definition) is 6. The minimum absolute atomic E-state index is 0.0915. The Bertz CT molecular complexity index is 914. The maximum atomic E-state index is 11.8. The first kappa shape index (κ1) is 25.7. The number of halogens is 2. The molecule has 1 N–H and O–H groups in total. The highest BCUT2D eigenvalue weighted by atomic mass is 35.5. The van der Waals surface area contributed by atoms with Crippen LogP contribution in [0.3, 0.4) is 0 Å². The van der Waals surface area contributed by atoms with Gasteiger partial charge in [-0.15, -0.1) is 0 Å². The van der Waals surface area contributed by atoms with Crippen molar-refractivity contribution in [2.75, 3.05) is 37.6 Å². The number of carbonyl (C=O) groups is 1. The van der Waals surface area contributed by atoms with E-state index in [2.05, 4.69) is 34.7 Å². The van der Waals surface area contributed by atoms with Crippen molar-refractivity contribution in [3.63, 3.8) is 0 Å². The van der Waals surface area contributed by atoms with E-state index in [1.54, 1.807) is 12.4 Å². The van der Waals surface area contributed by atoms with Crippen molar-refractivity contribution in [2.45, 2.75) is 58.7 Å². The lowest BCUT2D eigenvalue weighted by Crippen LogP contribution is -2.56. The molecule has 6 atom stereocenters. The second-order valence-electron chi connectivity index (χ2n) is 10.6. The molecule has 6 nitrogen and oxygen atoms in total. The van der Waals surface area contributed by atoms with Crippen molar-refractivity contribution in [3.05, 3.63) is 34.1 Å². The minimum Gasteiger partial charge on any atom is -0.458 e. The number of anilines is 1. The third-order valence-electron chi connectivity index (χ3n) is 8.39. The van der Waals surface area contributed by atoms with Crippen LogP contribution in [-0.4, -0.2) is 65.4 Å². The molecule has 2 fully saturated rings. The standard InChI is InChI=1S/C26H37Cl2N3O3/c1-16-11-21-20(6-5-18(3)26(21,33)12-24(16)34-19(4)32)17(2)15-30-7-9-31(10-8-30)25-22(27)13-29-14-23(25)28/h11,13-14,17-18,20-21,24,33H,5-10,12,15H2,1-4H3/t17?,18-,20+,21-,24-,26-/m1/s1. The van der Waals surface area contributed by atoms with Crippen LogP contribution in [0.2, 0.25) is 10.0 Å². The highest BCUT2D eigenvalue weighted by Crippen LogP contribution is 2.51. The predicted octanol–water partition coefficient (Wildman–Crippen LogP) is 4.82. The van der Waals surface area contributed by atoms with Crippen LogP contribution in [0, 0.1) is 23.7 Å². The summed E-state index contributed by atoms with van der Waals surface area (Å²) < 4.78 is 5.54. The summed E-state index contributed by atoms with van der Waals surface area (Å²) in [5, 5.41) is 13.0. The van der Waals surface area contributed by atoms with E-state index in [-0.39, 0.29) is 23.9 Å². The molecular weight excluding hydrogens is 473 g/mol. The number of aromatic nitrogens is 1. The summed E-state index contributed by atoms with van der Waals surface area (Å²) >= 11 is 12.7. The first-order valence-electron chi connectivity index (χ1n) is 12.4. The lowest BCUT2D eigenvalue weighted by atomic mass is 9.57. The molecule has 1 unspecified atom stereocenters. The Morgan fingerprint density at radius 2 is 1.88 bits per heavy atom. The quantitative estimate of drug-likeness (QED) is 0.453. The summed E-state index contributed by atoms with van der Waals surface area (Å²) in [7, 11) is 0. The first-order valence-corrected chi connectivity index (χ1v) is 13.2.